The smallest absolute Gasteiger partial charge is 0.327 e. The number of rotatable bonds is 3. The normalized spacial score (nSPS) is 10.9. The highest BCUT2D eigenvalue weighted by molar-refractivity contribution is 5.82. The molecule has 0 saturated carbocycles. The number of hydrogen-bond donors (Lipinski definition) is 3. The van der Waals surface area contributed by atoms with Gasteiger partial charge in [-0.05, 0) is 12.1 Å². The average Bonchev–Trinajstić information content (AvgIpc) is 2.29. The molecule has 0 radical (unpaired) electrons. The van der Waals surface area contributed by atoms with Gasteiger partial charge in [0, 0.05) is 13.3 Å². The van der Waals surface area contributed by atoms with Crippen molar-refractivity contribution in [2.75, 3.05) is 0 Å². The number of carbonyl (C=O) groups is 2. The zero-order chi connectivity index (χ0) is 13.5. The van der Waals surface area contributed by atoms with Crippen LogP contribution in [0.2, 0.25) is 0 Å². The summed E-state index contributed by atoms with van der Waals surface area (Å²) in [4.78, 5) is 21.6. The van der Waals surface area contributed by atoms with Crippen molar-refractivity contribution in [1.82, 2.24) is 5.32 Å². The van der Waals surface area contributed by atoms with Gasteiger partial charge in [-0.2, -0.15) is 0 Å². The molecule has 1 aromatic rings. The number of phenols is 1. The molecule has 1 atom stereocenters. The molecule has 1 aromatic carbocycles. The van der Waals surface area contributed by atoms with Gasteiger partial charge in [0.1, 0.15) is 11.8 Å². The van der Waals surface area contributed by atoms with Gasteiger partial charge in [0.25, 0.3) is 0 Å². The SMILES string of the molecule is CC(=O)NC(CC#Cc1ccccc1O)C(=O)O. The van der Waals surface area contributed by atoms with Crippen LogP contribution < -0.4 is 5.32 Å². The molecule has 18 heavy (non-hydrogen) atoms. The second kappa shape index (κ2) is 6.30. The Hall–Kier alpha value is -2.48. The predicted octanol–water partition coefficient (Wildman–Crippen LogP) is 0.723. The van der Waals surface area contributed by atoms with Crippen LogP contribution in [0.4, 0.5) is 0 Å². The Morgan fingerprint density at radius 3 is 2.61 bits per heavy atom. The number of aliphatic carboxylic acids is 1. The van der Waals surface area contributed by atoms with Gasteiger partial charge in [-0.15, -0.1) is 0 Å². The summed E-state index contributed by atoms with van der Waals surface area (Å²) in [5.41, 5.74) is 0.421. The van der Waals surface area contributed by atoms with Crippen LogP contribution in [0.1, 0.15) is 18.9 Å². The van der Waals surface area contributed by atoms with Crippen molar-refractivity contribution in [3.05, 3.63) is 29.8 Å². The molecule has 5 heteroatoms. The Morgan fingerprint density at radius 1 is 1.39 bits per heavy atom. The molecule has 0 aliphatic carbocycles. The lowest BCUT2D eigenvalue weighted by Gasteiger charge is -2.08. The number of para-hydroxylation sites is 1. The van der Waals surface area contributed by atoms with Gasteiger partial charge < -0.3 is 15.5 Å². The highest BCUT2D eigenvalue weighted by atomic mass is 16.4. The molecule has 0 aromatic heterocycles. The van der Waals surface area contributed by atoms with E-state index in [1.54, 1.807) is 18.2 Å². The largest absolute Gasteiger partial charge is 0.507 e. The van der Waals surface area contributed by atoms with E-state index < -0.39 is 17.9 Å². The van der Waals surface area contributed by atoms with E-state index in [1.165, 1.54) is 13.0 Å². The lowest BCUT2D eigenvalue weighted by atomic mass is 10.1. The fourth-order valence-corrected chi connectivity index (χ4v) is 1.27. The van der Waals surface area contributed by atoms with E-state index in [0.29, 0.717) is 5.56 Å². The van der Waals surface area contributed by atoms with Crippen LogP contribution in [0.15, 0.2) is 24.3 Å². The van der Waals surface area contributed by atoms with Gasteiger partial charge in [0.05, 0.1) is 5.56 Å². The third-order valence-corrected chi connectivity index (χ3v) is 2.11. The molecule has 1 rings (SSSR count). The lowest BCUT2D eigenvalue weighted by molar-refractivity contribution is -0.141. The lowest BCUT2D eigenvalue weighted by Crippen LogP contribution is -2.39. The molecule has 0 spiro atoms. The maximum Gasteiger partial charge on any atom is 0.327 e. The van der Waals surface area contributed by atoms with Crippen molar-refractivity contribution >= 4 is 11.9 Å². The summed E-state index contributed by atoms with van der Waals surface area (Å²) in [5.74, 6) is 3.75. The van der Waals surface area contributed by atoms with Gasteiger partial charge in [0.15, 0.2) is 0 Å². The molecule has 1 amide bonds. The molecule has 5 nitrogen and oxygen atoms in total. The monoisotopic (exact) mass is 247 g/mol. The number of benzene rings is 1. The molecule has 94 valence electrons. The molecule has 0 bridgehead atoms. The Bertz CT molecular complexity index is 513. The zero-order valence-electron chi connectivity index (χ0n) is 9.80. The second-order valence-electron chi connectivity index (χ2n) is 3.61. The standard InChI is InChI=1S/C13H13NO4/c1-9(15)14-11(13(17)18)7-4-6-10-5-2-3-8-12(10)16/h2-3,5,8,11,16H,7H2,1H3,(H,14,15)(H,17,18). The van der Waals surface area contributed by atoms with E-state index in [4.69, 9.17) is 5.11 Å². The van der Waals surface area contributed by atoms with E-state index >= 15 is 0 Å². The first kappa shape index (κ1) is 13.6. The number of hydrogen-bond acceptors (Lipinski definition) is 3. The third kappa shape index (κ3) is 4.18. The first-order valence-electron chi connectivity index (χ1n) is 5.27. The van der Waals surface area contributed by atoms with Crippen molar-refractivity contribution in [1.29, 1.82) is 0 Å². The molecule has 0 aliphatic rings. The molecule has 0 heterocycles. The summed E-state index contributed by atoms with van der Waals surface area (Å²) >= 11 is 0. The van der Waals surface area contributed by atoms with Crippen LogP contribution in [0, 0.1) is 11.8 Å². The van der Waals surface area contributed by atoms with E-state index in [1.807, 2.05) is 0 Å². The summed E-state index contributed by atoms with van der Waals surface area (Å²) in [7, 11) is 0. The summed E-state index contributed by atoms with van der Waals surface area (Å²) in [6.45, 7) is 1.24. The van der Waals surface area contributed by atoms with Gasteiger partial charge in [-0.1, -0.05) is 24.0 Å². The minimum Gasteiger partial charge on any atom is -0.507 e. The quantitative estimate of drug-likeness (QED) is 0.687. The minimum atomic E-state index is -1.14. The van der Waals surface area contributed by atoms with Crippen molar-refractivity contribution in [3.8, 4) is 17.6 Å². The van der Waals surface area contributed by atoms with Crippen LogP contribution in [0.5, 0.6) is 5.75 Å². The molecule has 1 unspecified atom stereocenters. The second-order valence-corrected chi connectivity index (χ2v) is 3.61. The van der Waals surface area contributed by atoms with E-state index in [2.05, 4.69) is 17.2 Å². The molecular weight excluding hydrogens is 234 g/mol. The fraction of sp³-hybridized carbons (Fsp3) is 0.231. The van der Waals surface area contributed by atoms with Gasteiger partial charge >= 0.3 is 5.97 Å². The van der Waals surface area contributed by atoms with Crippen molar-refractivity contribution in [2.24, 2.45) is 0 Å². The number of carboxylic acids is 1. The maximum atomic E-state index is 10.8. The minimum absolute atomic E-state index is 0.0246. The predicted molar refractivity (Wildman–Crippen MR) is 64.8 cm³/mol. The highest BCUT2D eigenvalue weighted by Crippen LogP contribution is 2.13. The number of carboxylic acid groups (broad SMARTS) is 1. The number of amides is 1. The zero-order valence-corrected chi connectivity index (χ0v) is 9.80. The maximum absolute atomic E-state index is 10.8. The number of carbonyl (C=O) groups excluding carboxylic acids is 1. The van der Waals surface area contributed by atoms with Crippen molar-refractivity contribution in [2.45, 2.75) is 19.4 Å². The molecular formula is C13H13NO4. The molecule has 0 saturated heterocycles. The Balaban J connectivity index is 2.71. The molecule has 3 N–H and O–H groups in total. The Labute approximate surface area is 104 Å². The van der Waals surface area contributed by atoms with Gasteiger partial charge in [-0.3, -0.25) is 4.79 Å². The van der Waals surface area contributed by atoms with E-state index in [9.17, 15) is 14.7 Å². The Kier molecular flexibility index (Phi) is 4.76. The summed E-state index contributed by atoms with van der Waals surface area (Å²) in [6, 6.07) is 5.45. The number of phenolic OH excluding ortho intramolecular Hbond substituents is 1. The summed E-state index contributed by atoms with van der Waals surface area (Å²) in [5, 5.41) is 20.6. The van der Waals surface area contributed by atoms with Crippen molar-refractivity contribution in [3.63, 3.8) is 0 Å². The third-order valence-electron chi connectivity index (χ3n) is 2.11. The van der Waals surface area contributed by atoms with E-state index in [0.717, 1.165) is 0 Å². The van der Waals surface area contributed by atoms with Crippen molar-refractivity contribution < 1.29 is 19.8 Å². The number of nitrogens with one attached hydrogen (secondary N) is 1. The fourth-order valence-electron chi connectivity index (χ4n) is 1.27. The first-order valence-corrected chi connectivity index (χ1v) is 5.27. The topological polar surface area (TPSA) is 86.6 Å². The number of aromatic hydroxyl groups is 1. The van der Waals surface area contributed by atoms with Gasteiger partial charge in [0.2, 0.25) is 5.91 Å². The van der Waals surface area contributed by atoms with Crippen LogP contribution >= 0.6 is 0 Å². The van der Waals surface area contributed by atoms with Crippen LogP contribution in [-0.4, -0.2) is 28.1 Å². The highest BCUT2D eigenvalue weighted by Gasteiger charge is 2.16. The average molecular weight is 247 g/mol. The summed E-state index contributed by atoms with van der Waals surface area (Å²) < 4.78 is 0. The van der Waals surface area contributed by atoms with Crippen LogP contribution in [0.3, 0.4) is 0 Å². The van der Waals surface area contributed by atoms with Crippen LogP contribution in [-0.2, 0) is 9.59 Å². The molecule has 0 fully saturated rings. The summed E-state index contributed by atoms with van der Waals surface area (Å²) in [6.07, 6.45) is -0.0246. The molecule has 0 aliphatic heterocycles. The Morgan fingerprint density at radius 2 is 2.06 bits per heavy atom. The first-order chi connectivity index (χ1) is 8.50. The van der Waals surface area contributed by atoms with Crippen LogP contribution in [0.25, 0.3) is 0 Å². The van der Waals surface area contributed by atoms with Gasteiger partial charge in [-0.25, -0.2) is 4.79 Å². The van der Waals surface area contributed by atoms with E-state index in [-0.39, 0.29) is 12.2 Å².